The van der Waals surface area contributed by atoms with Gasteiger partial charge >= 0.3 is 12.1 Å². The van der Waals surface area contributed by atoms with Crippen molar-refractivity contribution in [2.75, 3.05) is 49.0 Å². The predicted octanol–water partition coefficient (Wildman–Crippen LogP) is 6.19. The monoisotopic (exact) mass is 853 g/mol. The van der Waals surface area contributed by atoms with Gasteiger partial charge in [-0.2, -0.15) is 0 Å². The maximum atomic E-state index is 14.2. The molecule has 0 aliphatic carbocycles. The Morgan fingerprint density at radius 1 is 0.968 bits per heavy atom. The number of aromatic carboxylic acids is 1. The molecule has 3 aliphatic heterocycles. The van der Waals surface area contributed by atoms with E-state index in [0.717, 1.165) is 36.8 Å². The van der Waals surface area contributed by atoms with Crippen LogP contribution in [0.3, 0.4) is 0 Å². The molecule has 5 heterocycles. The van der Waals surface area contributed by atoms with Gasteiger partial charge in [-0.1, -0.05) is 24.8 Å². The molecular formula is C44H51N7O11. The van der Waals surface area contributed by atoms with Gasteiger partial charge in [-0.3, -0.25) is 14.4 Å². The molecule has 0 bridgehead atoms. The van der Waals surface area contributed by atoms with Gasteiger partial charge in [0, 0.05) is 63.4 Å². The number of carboxylic acid groups (broad SMARTS) is 1. The fourth-order valence-corrected chi connectivity index (χ4v) is 7.92. The highest BCUT2D eigenvalue weighted by Crippen LogP contribution is 2.42. The van der Waals surface area contributed by atoms with Crippen molar-refractivity contribution in [1.29, 1.82) is 0 Å². The number of hydrogen-bond donors (Lipinski definition) is 3. The van der Waals surface area contributed by atoms with Gasteiger partial charge in [0.25, 0.3) is 11.8 Å². The van der Waals surface area contributed by atoms with Crippen LogP contribution in [0.15, 0.2) is 67.5 Å². The van der Waals surface area contributed by atoms with Crippen molar-refractivity contribution in [2.24, 2.45) is 14.1 Å². The summed E-state index contributed by atoms with van der Waals surface area (Å²) in [4.78, 5) is 73.2. The van der Waals surface area contributed by atoms with E-state index >= 15 is 0 Å². The first kappa shape index (κ1) is 43.4. The number of rotatable bonds is 15. The number of methoxy groups -OCH3 is 1. The highest BCUT2D eigenvalue weighted by Gasteiger charge is 2.47. The summed E-state index contributed by atoms with van der Waals surface area (Å²) in [7, 11) is 4.75. The summed E-state index contributed by atoms with van der Waals surface area (Å²) in [6, 6.07) is 11.2. The summed E-state index contributed by atoms with van der Waals surface area (Å²) in [5.41, 5.74) is 2.62. The molecule has 4 aromatic rings. The van der Waals surface area contributed by atoms with Gasteiger partial charge < -0.3 is 53.5 Å². The molecule has 4 amide bonds. The van der Waals surface area contributed by atoms with Crippen LogP contribution in [0.2, 0.25) is 0 Å². The van der Waals surface area contributed by atoms with Crippen LogP contribution in [-0.4, -0.2) is 106 Å². The topological polar surface area (TPSA) is 205 Å². The second-order valence-electron chi connectivity index (χ2n) is 15.3. The number of aryl methyl sites for hydroxylation is 2. The summed E-state index contributed by atoms with van der Waals surface area (Å²) >= 11 is 0. The number of nitrogens with one attached hydrogen (secondary N) is 2. The Balaban J connectivity index is 0.998. The van der Waals surface area contributed by atoms with E-state index in [4.69, 9.17) is 23.7 Å². The van der Waals surface area contributed by atoms with Crippen LogP contribution in [0.5, 0.6) is 11.5 Å². The number of ether oxygens (including phenoxy) is 5. The molecule has 328 valence electrons. The largest absolute Gasteiger partial charge is 0.493 e. The van der Waals surface area contributed by atoms with Crippen LogP contribution in [0, 0.1) is 0 Å². The lowest BCUT2D eigenvalue weighted by Gasteiger charge is -2.42. The molecule has 3 N–H and O–H groups in total. The van der Waals surface area contributed by atoms with Crippen LogP contribution >= 0.6 is 0 Å². The van der Waals surface area contributed by atoms with E-state index in [9.17, 15) is 29.1 Å². The SMILES string of the molecule is C=CCOC(=O)N1c2cc(OCCCC(=O)Nc3cn(C)c(C(=O)Nc4ccc(-c5cc(C(=O)O)n(C)c5)cc4)n3)c(OC)cc2C(=O)N2CCCC[C@H]2[C@@H]1OC1CCCCO1. The van der Waals surface area contributed by atoms with Crippen molar-refractivity contribution in [3.8, 4) is 22.6 Å². The number of hydrogen-bond acceptors (Lipinski definition) is 11. The molecule has 3 atom stereocenters. The first-order chi connectivity index (χ1) is 29.9. The number of fused-ring (bicyclic) bond motifs is 2. The van der Waals surface area contributed by atoms with Gasteiger partial charge in [0.2, 0.25) is 11.7 Å². The second-order valence-corrected chi connectivity index (χ2v) is 15.3. The molecule has 0 radical (unpaired) electrons. The van der Waals surface area contributed by atoms with E-state index in [1.807, 2.05) is 0 Å². The fourth-order valence-electron chi connectivity index (χ4n) is 7.92. The molecule has 0 spiro atoms. The van der Waals surface area contributed by atoms with Crippen molar-refractivity contribution in [3.63, 3.8) is 0 Å². The Labute approximate surface area is 358 Å². The third kappa shape index (κ3) is 9.61. The van der Waals surface area contributed by atoms with Gasteiger partial charge in [-0.15, -0.1) is 0 Å². The molecule has 62 heavy (non-hydrogen) atoms. The van der Waals surface area contributed by atoms with E-state index in [2.05, 4.69) is 22.2 Å². The van der Waals surface area contributed by atoms with Crippen LogP contribution in [0.4, 0.5) is 22.0 Å². The van der Waals surface area contributed by atoms with Crippen molar-refractivity contribution < 1.29 is 52.8 Å². The van der Waals surface area contributed by atoms with Crippen molar-refractivity contribution in [2.45, 2.75) is 69.9 Å². The lowest BCUT2D eigenvalue weighted by atomic mass is 10.00. The molecule has 7 rings (SSSR count). The lowest BCUT2D eigenvalue weighted by Crippen LogP contribution is -2.57. The number of nitrogens with zero attached hydrogens (tertiary/aromatic N) is 5. The molecule has 3 aliphatic rings. The minimum absolute atomic E-state index is 0.0412. The summed E-state index contributed by atoms with van der Waals surface area (Å²) < 4.78 is 32.9. The minimum atomic E-state index is -1.03. The number of imidazole rings is 1. The Morgan fingerprint density at radius 2 is 1.76 bits per heavy atom. The first-order valence-corrected chi connectivity index (χ1v) is 20.6. The maximum absolute atomic E-state index is 14.2. The molecule has 1 unspecified atom stereocenters. The summed E-state index contributed by atoms with van der Waals surface area (Å²) in [5, 5.41) is 14.9. The number of anilines is 3. The van der Waals surface area contributed by atoms with E-state index in [-0.39, 0.29) is 78.0 Å². The average molecular weight is 854 g/mol. The second kappa shape index (κ2) is 19.4. The zero-order valence-electron chi connectivity index (χ0n) is 35.0. The molecule has 0 saturated carbocycles. The Kier molecular flexibility index (Phi) is 13.6. The predicted molar refractivity (Wildman–Crippen MR) is 226 cm³/mol. The van der Waals surface area contributed by atoms with Gasteiger partial charge in [-0.25, -0.2) is 19.5 Å². The van der Waals surface area contributed by atoms with Crippen LogP contribution in [-0.2, 0) is 33.1 Å². The summed E-state index contributed by atoms with van der Waals surface area (Å²) in [6.07, 6.45) is 7.56. The number of carbonyl (C=O) groups excluding carboxylic acids is 4. The molecule has 18 heteroatoms. The summed E-state index contributed by atoms with van der Waals surface area (Å²) in [5.74, 6) is -1.39. The van der Waals surface area contributed by atoms with Crippen LogP contribution in [0.25, 0.3) is 11.1 Å². The Bertz CT molecular complexity index is 2310. The summed E-state index contributed by atoms with van der Waals surface area (Å²) in [6.45, 7) is 4.71. The van der Waals surface area contributed by atoms with Crippen LogP contribution < -0.4 is 25.0 Å². The normalized spacial score (nSPS) is 18.5. The van der Waals surface area contributed by atoms with Crippen molar-refractivity contribution in [3.05, 3.63) is 84.6 Å². The lowest BCUT2D eigenvalue weighted by molar-refractivity contribution is -0.198. The number of amides is 4. The Hall–Kier alpha value is -6.66. The molecular weight excluding hydrogens is 803 g/mol. The third-order valence-corrected chi connectivity index (χ3v) is 11.0. The minimum Gasteiger partial charge on any atom is -0.493 e. The zero-order valence-corrected chi connectivity index (χ0v) is 35.0. The molecule has 2 saturated heterocycles. The standard InChI is InChI=1S/C44H51N7O11/c1-5-19-61-44(57)51-32-24-35(34(58-4)23-30(32)41(54)50-18-8-6-11-31(50)42(51)62-38-13-7-9-20-60-38)59-21-10-12-37(52)46-36-26-49(3)39(47-36)40(53)45-29-16-14-27(15-17-29)28-22-33(43(55)56)48(2)25-28/h5,14-17,22-26,31,38,42H,1,6-13,18-21H2,2-4H3,(H,45,53)(H,46,52)(H,55,56)/t31-,38?,42-/m0/s1. The first-order valence-electron chi connectivity index (χ1n) is 20.6. The zero-order chi connectivity index (χ0) is 43.9. The van der Waals surface area contributed by atoms with E-state index < -0.39 is 36.5 Å². The molecule has 2 aromatic heterocycles. The van der Waals surface area contributed by atoms with Gasteiger partial charge in [0.15, 0.2) is 29.8 Å². The maximum Gasteiger partial charge on any atom is 0.416 e. The van der Waals surface area contributed by atoms with Crippen LogP contribution in [0.1, 0.15) is 82.8 Å². The van der Waals surface area contributed by atoms with E-state index in [0.29, 0.717) is 31.7 Å². The highest BCUT2D eigenvalue weighted by molar-refractivity contribution is 6.06. The number of aromatic nitrogens is 3. The van der Waals surface area contributed by atoms with Crippen molar-refractivity contribution in [1.82, 2.24) is 19.0 Å². The van der Waals surface area contributed by atoms with E-state index in [1.54, 1.807) is 67.7 Å². The number of benzene rings is 2. The van der Waals surface area contributed by atoms with Gasteiger partial charge in [0.1, 0.15) is 12.3 Å². The van der Waals surface area contributed by atoms with Gasteiger partial charge in [0.05, 0.1) is 31.0 Å². The Morgan fingerprint density at radius 3 is 2.47 bits per heavy atom. The number of carbonyl (C=O) groups is 5. The van der Waals surface area contributed by atoms with E-state index in [1.165, 1.54) is 33.4 Å². The molecule has 18 nitrogen and oxygen atoms in total. The smallest absolute Gasteiger partial charge is 0.416 e. The number of carboxylic acids is 1. The number of piperidine rings is 1. The van der Waals surface area contributed by atoms with Gasteiger partial charge in [-0.05, 0) is 74.8 Å². The molecule has 2 aromatic carbocycles. The fraction of sp³-hybridized carbons (Fsp3) is 0.409. The highest BCUT2D eigenvalue weighted by atomic mass is 16.7. The third-order valence-electron chi connectivity index (χ3n) is 11.0. The quantitative estimate of drug-likeness (QED) is 0.0905. The average Bonchev–Trinajstić information content (AvgIpc) is 3.83. The molecule has 2 fully saturated rings. The van der Waals surface area contributed by atoms with Crippen molar-refractivity contribution >= 4 is 47.0 Å².